The number of carboxylic acids is 1. The summed E-state index contributed by atoms with van der Waals surface area (Å²) in [6.45, 7) is 3.25. The van der Waals surface area contributed by atoms with E-state index in [0.717, 1.165) is 11.1 Å². The molecule has 0 aromatic heterocycles. The van der Waals surface area contributed by atoms with Gasteiger partial charge in [-0.3, -0.25) is 4.79 Å². The molecule has 0 saturated carbocycles. The molecule has 0 saturated heterocycles. The van der Waals surface area contributed by atoms with Crippen LogP contribution in [-0.2, 0) is 9.36 Å². The van der Waals surface area contributed by atoms with Crippen LogP contribution in [0.3, 0.4) is 0 Å². The van der Waals surface area contributed by atoms with Crippen LogP contribution < -0.4 is 0 Å². The Bertz CT molecular complexity index is 656. The minimum atomic E-state index is -2.39. The summed E-state index contributed by atoms with van der Waals surface area (Å²) in [5.74, 6) is -1.64. The summed E-state index contributed by atoms with van der Waals surface area (Å²) in [6, 6.07) is 17.4. The van der Waals surface area contributed by atoms with E-state index in [-0.39, 0.29) is 6.16 Å². The predicted molar refractivity (Wildman–Crippen MR) is 86.6 cm³/mol. The fourth-order valence-electron chi connectivity index (χ4n) is 2.30. The van der Waals surface area contributed by atoms with Gasteiger partial charge < -0.3 is 9.67 Å². The van der Waals surface area contributed by atoms with Gasteiger partial charge in [-0.25, -0.2) is 0 Å². The fraction of sp³-hybridized carbons (Fsp3) is 0.235. The van der Waals surface area contributed by atoms with Crippen LogP contribution in [0.2, 0.25) is 0 Å². The predicted octanol–water partition coefficient (Wildman–Crippen LogP) is 4.14. The molecule has 2 aromatic rings. The first kappa shape index (κ1) is 15.5. The van der Waals surface area contributed by atoms with Crippen LogP contribution in [0.5, 0.6) is 0 Å². The first-order chi connectivity index (χ1) is 9.87. The minimum Gasteiger partial charge on any atom is -0.481 e. The van der Waals surface area contributed by atoms with Gasteiger partial charge in [-0.15, -0.1) is 0 Å². The maximum absolute atomic E-state index is 11.9. The second kappa shape index (κ2) is 6.28. The molecule has 0 aliphatic carbocycles. The van der Waals surface area contributed by atoms with Crippen molar-refractivity contribution in [2.45, 2.75) is 5.92 Å². The van der Waals surface area contributed by atoms with E-state index in [9.17, 15) is 14.5 Å². The van der Waals surface area contributed by atoms with Crippen molar-refractivity contribution in [3.63, 3.8) is 0 Å². The normalized spacial score (nSPS) is 12.9. The molecule has 21 heavy (non-hydrogen) atoms. The highest BCUT2D eigenvalue weighted by atomic mass is 31.2. The molecule has 1 N–H and O–H groups in total. The number of hydrogen-bond acceptors (Lipinski definition) is 2. The summed E-state index contributed by atoms with van der Waals surface area (Å²) in [5, 5.41) is 9.36. The van der Waals surface area contributed by atoms with Gasteiger partial charge in [-0.1, -0.05) is 54.6 Å². The van der Waals surface area contributed by atoms with Crippen LogP contribution in [0.4, 0.5) is 0 Å². The third-order valence-corrected chi connectivity index (χ3v) is 4.59. The van der Waals surface area contributed by atoms with Crippen molar-refractivity contribution < 1.29 is 14.5 Å². The quantitative estimate of drug-likeness (QED) is 0.844. The molecule has 0 heterocycles. The highest BCUT2D eigenvalue weighted by Gasteiger charge is 2.25. The Morgan fingerprint density at radius 1 is 1.00 bits per heavy atom. The van der Waals surface area contributed by atoms with Crippen LogP contribution in [0.25, 0.3) is 11.1 Å². The van der Waals surface area contributed by atoms with E-state index in [4.69, 9.17) is 0 Å². The number of hydrogen-bond donors (Lipinski definition) is 1. The molecule has 2 rings (SSSR count). The third kappa shape index (κ3) is 4.30. The summed E-state index contributed by atoms with van der Waals surface area (Å²) < 4.78 is 11.9. The zero-order valence-corrected chi connectivity index (χ0v) is 13.1. The Hall–Kier alpha value is -1.86. The standard InChI is InChI=1S/C17H19O3P/c1-21(2,20)12-16(17(18)19)15-10-8-14(9-11-15)13-6-4-3-5-7-13/h3-11,16H,12H2,1-2H3,(H,18,19)/t16-/m1/s1. The van der Waals surface area contributed by atoms with Crippen LogP contribution in [0.1, 0.15) is 11.5 Å². The smallest absolute Gasteiger partial charge is 0.311 e. The van der Waals surface area contributed by atoms with Crippen molar-refractivity contribution in [3.05, 3.63) is 60.2 Å². The van der Waals surface area contributed by atoms with Gasteiger partial charge in [0, 0.05) is 6.16 Å². The maximum Gasteiger partial charge on any atom is 0.311 e. The van der Waals surface area contributed by atoms with Crippen LogP contribution in [-0.4, -0.2) is 30.6 Å². The Labute approximate surface area is 125 Å². The van der Waals surface area contributed by atoms with Crippen molar-refractivity contribution in [2.75, 3.05) is 19.5 Å². The largest absolute Gasteiger partial charge is 0.481 e. The van der Waals surface area contributed by atoms with Gasteiger partial charge in [0.2, 0.25) is 0 Å². The van der Waals surface area contributed by atoms with Gasteiger partial charge in [0.05, 0.1) is 13.1 Å². The summed E-state index contributed by atoms with van der Waals surface area (Å²) >= 11 is 0. The van der Waals surface area contributed by atoms with Gasteiger partial charge in [0.1, 0.15) is 0 Å². The van der Waals surface area contributed by atoms with E-state index in [1.807, 2.05) is 54.6 Å². The molecule has 3 nitrogen and oxygen atoms in total. The molecule has 0 fully saturated rings. The summed E-state index contributed by atoms with van der Waals surface area (Å²) in [7, 11) is -2.39. The maximum atomic E-state index is 11.9. The SMILES string of the molecule is CP(C)(=O)C[C@@H](C(=O)O)c1ccc(-c2ccccc2)cc1. The average Bonchev–Trinajstić information content (AvgIpc) is 2.45. The lowest BCUT2D eigenvalue weighted by molar-refractivity contribution is -0.138. The topological polar surface area (TPSA) is 54.4 Å². The van der Waals surface area contributed by atoms with Gasteiger partial charge >= 0.3 is 5.97 Å². The number of aliphatic carboxylic acids is 1. The molecule has 0 bridgehead atoms. The first-order valence-electron chi connectivity index (χ1n) is 6.79. The van der Waals surface area contributed by atoms with E-state index < -0.39 is 19.0 Å². The van der Waals surface area contributed by atoms with Gasteiger partial charge in [-0.2, -0.15) is 0 Å². The molecule has 4 heteroatoms. The molecular weight excluding hydrogens is 283 g/mol. The molecule has 110 valence electrons. The Morgan fingerprint density at radius 3 is 2.00 bits per heavy atom. The molecule has 1 atom stereocenters. The molecule has 0 aliphatic heterocycles. The van der Waals surface area contributed by atoms with Crippen molar-refractivity contribution in [3.8, 4) is 11.1 Å². The monoisotopic (exact) mass is 302 g/mol. The molecule has 0 aliphatic rings. The van der Waals surface area contributed by atoms with Crippen molar-refractivity contribution in [1.82, 2.24) is 0 Å². The Balaban J connectivity index is 2.28. The second-order valence-electron chi connectivity index (χ2n) is 5.64. The lowest BCUT2D eigenvalue weighted by atomic mass is 9.97. The summed E-state index contributed by atoms with van der Waals surface area (Å²) in [4.78, 5) is 11.4. The summed E-state index contributed by atoms with van der Waals surface area (Å²) in [6.07, 6.45) is 0.188. The van der Waals surface area contributed by atoms with Crippen LogP contribution in [0.15, 0.2) is 54.6 Å². The number of benzene rings is 2. The van der Waals surface area contributed by atoms with E-state index in [1.54, 1.807) is 13.3 Å². The molecule has 0 radical (unpaired) electrons. The Morgan fingerprint density at radius 2 is 1.52 bits per heavy atom. The average molecular weight is 302 g/mol. The van der Waals surface area contributed by atoms with Crippen molar-refractivity contribution in [1.29, 1.82) is 0 Å². The van der Waals surface area contributed by atoms with Crippen LogP contribution >= 0.6 is 7.14 Å². The summed E-state index contributed by atoms with van der Waals surface area (Å²) in [5.41, 5.74) is 2.83. The molecule has 0 unspecified atom stereocenters. The highest BCUT2D eigenvalue weighted by Crippen LogP contribution is 2.41. The number of rotatable bonds is 5. The van der Waals surface area contributed by atoms with Gasteiger partial charge in [-0.05, 0) is 30.0 Å². The number of carbonyl (C=O) groups is 1. The number of carboxylic acid groups (broad SMARTS) is 1. The van der Waals surface area contributed by atoms with E-state index in [2.05, 4.69) is 0 Å². The molecular formula is C17H19O3P. The zero-order chi connectivity index (χ0) is 15.5. The van der Waals surface area contributed by atoms with Gasteiger partial charge in [0.25, 0.3) is 0 Å². The van der Waals surface area contributed by atoms with E-state index in [1.165, 1.54) is 0 Å². The van der Waals surface area contributed by atoms with Crippen LogP contribution in [0, 0.1) is 0 Å². The second-order valence-corrected chi connectivity index (χ2v) is 9.15. The van der Waals surface area contributed by atoms with Crippen molar-refractivity contribution >= 4 is 13.1 Å². The lowest BCUT2D eigenvalue weighted by Gasteiger charge is -2.16. The van der Waals surface area contributed by atoms with E-state index in [0.29, 0.717) is 5.56 Å². The van der Waals surface area contributed by atoms with Gasteiger partial charge in [0.15, 0.2) is 0 Å². The molecule has 0 amide bonds. The van der Waals surface area contributed by atoms with E-state index >= 15 is 0 Å². The third-order valence-electron chi connectivity index (χ3n) is 3.34. The molecule has 0 spiro atoms. The molecule has 2 aromatic carbocycles. The first-order valence-corrected chi connectivity index (χ1v) is 9.58. The highest BCUT2D eigenvalue weighted by molar-refractivity contribution is 7.62. The lowest BCUT2D eigenvalue weighted by Crippen LogP contribution is -2.15. The fourth-order valence-corrected chi connectivity index (χ4v) is 3.55. The minimum absolute atomic E-state index is 0.188. The van der Waals surface area contributed by atoms with Crippen molar-refractivity contribution in [2.24, 2.45) is 0 Å². The Kier molecular flexibility index (Phi) is 4.64. The zero-order valence-electron chi connectivity index (χ0n) is 12.2.